The third-order valence-corrected chi connectivity index (χ3v) is 8.50. The molecular weight excluding hydrogens is 418 g/mol. The number of allylic oxidation sites excluding steroid dienone is 2. The SMILES string of the molecule is C=[N+]1C=CC(CC2CCCC2)=C[C-]1c1c(C)ccc2c1[s+][c-]1cc(-c3ccccc3)ccc21. The Balaban J connectivity index is 1.46. The summed E-state index contributed by atoms with van der Waals surface area (Å²) in [6.45, 7) is 6.58. The van der Waals surface area contributed by atoms with Crippen molar-refractivity contribution in [2.75, 3.05) is 0 Å². The van der Waals surface area contributed by atoms with Gasteiger partial charge in [-0.05, 0) is 23.8 Å². The van der Waals surface area contributed by atoms with Crippen LogP contribution in [0.1, 0.15) is 43.2 Å². The van der Waals surface area contributed by atoms with E-state index in [-0.39, 0.29) is 0 Å². The third-order valence-electron chi connectivity index (χ3n) is 7.31. The van der Waals surface area contributed by atoms with Gasteiger partial charge in [0.1, 0.15) is 17.5 Å². The van der Waals surface area contributed by atoms with Crippen LogP contribution < -0.4 is 0 Å². The fraction of sp³-hybridized carbons (Fsp3) is 0.226. The van der Waals surface area contributed by atoms with Crippen molar-refractivity contribution in [2.45, 2.75) is 39.0 Å². The van der Waals surface area contributed by atoms with Crippen molar-refractivity contribution in [1.29, 1.82) is 0 Å². The summed E-state index contributed by atoms with van der Waals surface area (Å²) in [5.41, 5.74) is 6.63. The minimum Gasteiger partial charge on any atom is -0.255 e. The lowest BCUT2D eigenvalue weighted by atomic mass is 9.91. The lowest BCUT2D eigenvalue weighted by molar-refractivity contribution is -0.417. The van der Waals surface area contributed by atoms with Crippen molar-refractivity contribution in [3.8, 4) is 11.1 Å². The van der Waals surface area contributed by atoms with Gasteiger partial charge in [0.25, 0.3) is 0 Å². The first kappa shape index (κ1) is 20.5. The van der Waals surface area contributed by atoms with E-state index in [2.05, 4.69) is 97.2 Å². The lowest BCUT2D eigenvalue weighted by Gasteiger charge is -2.22. The minimum atomic E-state index is 0.844. The minimum absolute atomic E-state index is 0.844. The molecule has 1 aliphatic carbocycles. The van der Waals surface area contributed by atoms with Crippen molar-refractivity contribution in [1.82, 2.24) is 0 Å². The summed E-state index contributed by atoms with van der Waals surface area (Å²) < 4.78 is 4.77. The molecule has 0 amide bonds. The average molecular weight is 448 g/mol. The summed E-state index contributed by atoms with van der Waals surface area (Å²) in [7, 11) is 0. The van der Waals surface area contributed by atoms with Gasteiger partial charge in [0.2, 0.25) is 0 Å². The van der Waals surface area contributed by atoms with Crippen LogP contribution in [0.25, 0.3) is 31.3 Å². The number of rotatable bonds is 4. The van der Waals surface area contributed by atoms with Crippen LogP contribution in [0.15, 0.2) is 84.6 Å². The van der Waals surface area contributed by atoms with E-state index in [4.69, 9.17) is 0 Å². The van der Waals surface area contributed by atoms with Gasteiger partial charge in [-0.2, -0.15) is 0 Å². The van der Waals surface area contributed by atoms with Gasteiger partial charge in [-0.15, -0.1) is 12.1 Å². The highest BCUT2D eigenvalue weighted by atomic mass is 32.1. The summed E-state index contributed by atoms with van der Waals surface area (Å²) in [4.78, 5) is 0. The van der Waals surface area contributed by atoms with Gasteiger partial charge >= 0.3 is 0 Å². The molecule has 1 saturated carbocycles. The van der Waals surface area contributed by atoms with E-state index >= 15 is 0 Å². The average Bonchev–Trinajstić information content (AvgIpc) is 3.48. The molecule has 164 valence electrons. The van der Waals surface area contributed by atoms with E-state index in [0.717, 1.165) is 5.92 Å². The van der Waals surface area contributed by atoms with Crippen molar-refractivity contribution in [3.05, 3.63) is 102 Å². The van der Waals surface area contributed by atoms with E-state index in [1.165, 1.54) is 86.1 Å². The van der Waals surface area contributed by atoms with E-state index in [9.17, 15) is 0 Å². The molecule has 0 bridgehead atoms. The number of hydrogen-bond donors (Lipinski definition) is 0. The second-order valence-electron chi connectivity index (χ2n) is 9.56. The Morgan fingerprint density at radius 2 is 1.82 bits per heavy atom. The zero-order valence-electron chi connectivity index (χ0n) is 19.2. The van der Waals surface area contributed by atoms with Crippen LogP contribution in [0, 0.1) is 18.9 Å². The fourth-order valence-electron chi connectivity index (χ4n) is 5.53. The van der Waals surface area contributed by atoms with Crippen molar-refractivity contribution >= 4 is 38.2 Å². The molecule has 1 fully saturated rings. The Morgan fingerprint density at radius 1 is 1.00 bits per heavy atom. The fourth-order valence-corrected chi connectivity index (χ4v) is 6.88. The second kappa shape index (κ2) is 8.35. The molecule has 2 heteroatoms. The Bertz CT molecular complexity index is 1410. The highest BCUT2D eigenvalue weighted by molar-refractivity contribution is 7.26. The predicted molar refractivity (Wildman–Crippen MR) is 143 cm³/mol. The quantitative estimate of drug-likeness (QED) is 0.167. The molecule has 0 unspecified atom stereocenters. The normalized spacial score (nSPS) is 16.8. The maximum absolute atomic E-state index is 4.35. The van der Waals surface area contributed by atoms with E-state index in [1.807, 2.05) is 11.3 Å². The van der Waals surface area contributed by atoms with Crippen molar-refractivity contribution in [2.24, 2.45) is 5.92 Å². The number of thiophene rings is 1. The van der Waals surface area contributed by atoms with Crippen LogP contribution in [0.4, 0.5) is 0 Å². The Hall–Kier alpha value is -3.10. The second-order valence-corrected chi connectivity index (χ2v) is 10.6. The number of benzene rings is 3. The lowest BCUT2D eigenvalue weighted by Crippen LogP contribution is -2.16. The molecular formula is C31H29NS. The summed E-state index contributed by atoms with van der Waals surface area (Å²) in [6, 6.07) is 23.4. The zero-order valence-corrected chi connectivity index (χ0v) is 20.0. The van der Waals surface area contributed by atoms with Gasteiger partial charge in [0, 0.05) is 5.56 Å². The summed E-state index contributed by atoms with van der Waals surface area (Å²) in [5, 5.41) is 2.69. The molecule has 0 spiro atoms. The molecule has 2 heterocycles. The predicted octanol–water partition coefficient (Wildman–Crippen LogP) is 8.66. The molecule has 0 N–H and O–H groups in total. The number of fused-ring (bicyclic) bond motifs is 3. The van der Waals surface area contributed by atoms with Gasteiger partial charge in [-0.3, -0.25) is 4.58 Å². The maximum Gasteiger partial charge on any atom is 0.159 e. The summed E-state index contributed by atoms with van der Waals surface area (Å²) in [6.07, 6.45) is 13.5. The van der Waals surface area contributed by atoms with Gasteiger partial charge in [0.05, 0.1) is 6.72 Å². The highest BCUT2D eigenvalue weighted by Gasteiger charge is 2.26. The van der Waals surface area contributed by atoms with Crippen molar-refractivity contribution in [3.63, 3.8) is 0 Å². The molecule has 1 aromatic heterocycles. The molecule has 0 atom stereocenters. The Morgan fingerprint density at radius 3 is 2.64 bits per heavy atom. The smallest absolute Gasteiger partial charge is 0.159 e. The van der Waals surface area contributed by atoms with Crippen LogP contribution in [0.3, 0.4) is 0 Å². The number of nitrogens with zero attached hydrogens (tertiary/aromatic N) is 1. The Labute approximate surface area is 200 Å². The molecule has 6 rings (SSSR count). The summed E-state index contributed by atoms with van der Waals surface area (Å²) in [5.74, 6) is 0.844. The molecule has 2 aliphatic rings. The van der Waals surface area contributed by atoms with Crippen LogP contribution in [0.5, 0.6) is 0 Å². The van der Waals surface area contributed by atoms with Crippen molar-refractivity contribution < 1.29 is 4.58 Å². The first-order chi connectivity index (χ1) is 16.2. The molecule has 0 saturated heterocycles. The largest absolute Gasteiger partial charge is 0.255 e. The molecule has 4 aromatic rings. The summed E-state index contributed by atoms with van der Waals surface area (Å²) >= 11 is 1.91. The monoisotopic (exact) mass is 447 g/mol. The van der Waals surface area contributed by atoms with Gasteiger partial charge in [0.15, 0.2) is 15.4 Å². The van der Waals surface area contributed by atoms with Crippen LogP contribution in [-0.4, -0.2) is 11.3 Å². The first-order valence-electron chi connectivity index (χ1n) is 12.0. The Kier molecular flexibility index (Phi) is 5.19. The maximum atomic E-state index is 4.35. The molecule has 3 aromatic carbocycles. The standard InChI is InChI=1S/C31H29NS/c1-21-12-14-27-26-15-13-25(24-10-4-3-5-11-24)20-29(26)33-31(27)30(21)28-19-23(16-17-32(28)2)18-22-8-6-7-9-22/h3-5,10-17,19-20,22H,2,6-9,18H2,1H3. The topological polar surface area (TPSA) is 3.01 Å². The molecule has 1 nitrogen and oxygen atoms in total. The molecule has 1 aliphatic heterocycles. The molecule has 33 heavy (non-hydrogen) atoms. The van der Waals surface area contributed by atoms with Crippen LogP contribution >= 0.6 is 11.3 Å². The number of aryl methyl sites for hydroxylation is 1. The van der Waals surface area contributed by atoms with Crippen LogP contribution in [-0.2, 0) is 0 Å². The highest BCUT2D eigenvalue weighted by Crippen LogP contribution is 2.43. The first-order valence-corrected chi connectivity index (χ1v) is 12.9. The van der Waals surface area contributed by atoms with E-state index in [1.54, 1.807) is 0 Å². The van der Waals surface area contributed by atoms with Gasteiger partial charge in [-0.1, -0.05) is 115 Å². The van der Waals surface area contributed by atoms with E-state index in [0.29, 0.717) is 0 Å². The van der Waals surface area contributed by atoms with Gasteiger partial charge in [-0.25, -0.2) is 0 Å². The number of hydrogen-bond acceptors (Lipinski definition) is 0. The molecule has 0 radical (unpaired) electrons. The van der Waals surface area contributed by atoms with E-state index < -0.39 is 0 Å². The zero-order chi connectivity index (χ0) is 22.4. The third kappa shape index (κ3) is 3.73. The van der Waals surface area contributed by atoms with Gasteiger partial charge < -0.3 is 0 Å². The van der Waals surface area contributed by atoms with Crippen LogP contribution in [0.2, 0.25) is 0 Å².